The van der Waals surface area contributed by atoms with Gasteiger partial charge >= 0.3 is 0 Å². The van der Waals surface area contributed by atoms with E-state index in [1.54, 1.807) is 12.1 Å². The quantitative estimate of drug-likeness (QED) is 0.780. The summed E-state index contributed by atoms with van der Waals surface area (Å²) in [5, 5.41) is 16.1. The molecule has 0 unspecified atom stereocenters. The maximum Gasteiger partial charge on any atom is 0.226 e. The monoisotopic (exact) mass is 308 g/mol. The zero-order valence-electron chi connectivity index (χ0n) is 13.2. The fraction of sp³-hybridized carbons (Fsp3) is 0.588. The van der Waals surface area contributed by atoms with Gasteiger partial charge in [0.15, 0.2) is 0 Å². The number of benzene rings is 1. The summed E-state index contributed by atoms with van der Waals surface area (Å²) >= 11 is 0. The van der Waals surface area contributed by atoms with E-state index < -0.39 is 17.3 Å². The number of carbonyl (C=O) groups is 1. The first-order valence-electron chi connectivity index (χ1n) is 7.84. The van der Waals surface area contributed by atoms with E-state index in [0.717, 1.165) is 25.9 Å². The van der Waals surface area contributed by atoms with Crippen molar-refractivity contribution in [2.24, 2.45) is 11.3 Å². The lowest BCUT2D eigenvalue weighted by molar-refractivity contribution is -0.133. The second-order valence-electron chi connectivity index (χ2n) is 6.51. The molecule has 1 aromatic carbocycles. The van der Waals surface area contributed by atoms with Gasteiger partial charge in [-0.1, -0.05) is 32.0 Å². The van der Waals surface area contributed by atoms with Crippen LogP contribution >= 0.6 is 0 Å². The van der Waals surface area contributed by atoms with Crippen LogP contribution in [-0.2, 0) is 4.79 Å². The summed E-state index contributed by atoms with van der Waals surface area (Å²) in [5.41, 5.74) is -0.303. The molecule has 3 N–H and O–H groups in total. The van der Waals surface area contributed by atoms with Crippen molar-refractivity contribution in [2.45, 2.75) is 32.8 Å². The molecule has 1 aliphatic heterocycles. The number of rotatable bonds is 5. The molecule has 0 aliphatic carbocycles. The third-order valence-electron chi connectivity index (χ3n) is 4.62. The highest BCUT2D eigenvalue weighted by Gasteiger charge is 2.37. The van der Waals surface area contributed by atoms with E-state index in [2.05, 4.69) is 10.6 Å². The van der Waals surface area contributed by atoms with Crippen molar-refractivity contribution in [1.82, 2.24) is 10.6 Å². The van der Waals surface area contributed by atoms with Crippen molar-refractivity contribution in [3.63, 3.8) is 0 Å². The zero-order valence-corrected chi connectivity index (χ0v) is 13.2. The van der Waals surface area contributed by atoms with E-state index in [-0.39, 0.29) is 23.9 Å². The molecule has 1 aliphatic rings. The molecule has 0 saturated carbocycles. The van der Waals surface area contributed by atoms with Crippen LogP contribution in [0.2, 0.25) is 0 Å². The van der Waals surface area contributed by atoms with Gasteiger partial charge in [-0.3, -0.25) is 4.79 Å². The predicted octanol–water partition coefficient (Wildman–Crippen LogP) is 2.00. The molecule has 2 rings (SSSR count). The van der Waals surface area contributed by atoms with E-state index in [1.807, 2.05) is 13.8 Å². The van der Waals surface area contributed by atoms with Gasteiger partial charge < -0.3 is 15.7 Å². The summed E-state index contributed by atoms with van der Waals surface area (Å²) in [4.78, 5) is 12.4. The minimum atomic E-state index is -1.04. The predicted molar refractivity (Wildman–Crippen MR) is 83.7 cm³/mol. The lowest BCUT2D eigenvalue weighted by Crippen LogP contribution is -2.48. The van der Waals surface area contributed by atoms with Crippen LogP contribution in [0.3, 0.4) is 0 Å². The Bertz CT molecular complexity index is 513. The van der Waals surface area contributed by atoms with Crippen LogP contribution in [0.1, 0.15) is 38.4 Å². The van der Waals surface area contributed by atoms with Gasteiger partial charge in [0.05, 0.1) is 6.10 Å². The van der Waals surface area contributed by atoms with E-state index in [4.69, 9.17) is 0 Å². The van der Waals surface area contributed by atoms with Gasteiger partial charge in [-0.25, -0.2) is 4.39 Å². The van der Waals surface area contributed by atoms with Crippen molar-refractivity contribution < 1.29 is 14.3 Å². The number of aliphatic hydroxyl groups is 1. The highest BCUT2D eigenvalue weighted by atomic mass is 19.1. The topological polar surface area (TPSA) is 61.4 Å². The van der Waals surface area contributed by atoms with Crippen molar-refractivity contribution in [3.05, 3.63) is 35.6 Å². The van der Waals surface area contributed by atoms with Crippen LogP contribution in [0.15, 0.2) is 24.3 Å². The number of carbonyl (C=O) groups excluding carboxylic acids is 1. The molecule has 1 amide bonds. The molecular formula is C17H25FN2O2. The number of hydrogen-bond acceptors (Lipinski definition) is 3. The van der Waals surface area contributed by atoms with Crippen molar-refractivity contribution in [2.75, 3.05) is 19.6 Å². The Labute approximate surface area is 131 Å². The molecule has 1 saturated heterocycles. The lowest BCUT2D eigenvalue weighted by atomic mass is 9.74. The summed E-state index contributed by atoms with van der Waals surface area (Å²) in [6.07, 6.45) is 1.05. The minimum absolute atomic E-state index is 0.0172. The number of halogens is 1. The minimum Gasteiger partial charge on any atom is -0.386 e. The van der Waals surface area contributed by atoms with Gasteiger partial charge in [-0.2, -0.15) is 0 Å². The molecule has 1 fully saturated rings. The van der Waals surface area contributed by atoms with Crippen LogP contribution in [0.4, 0.5) is 4.39 Å². The molecule has 2 atom stereocenters. The normalized spacial score (nSPS) is 20.5. The van der Waals surface area contributed by atoms with Gasteiger partial charge in [0.25, 0.3) is 0 Å². The Morgan fingerprint density at radius 1 is 1.50 bits per heavy atom. The first-order chi connectivity index (χ1) is 10.4. The second kappa shape index (κ2) is 7.20. The van der Waals surface area contributed by atoms with Gasteiger partial charge in [0.2, 0.25) is 5.91 Å². The van der Waals surface area contributed by atoms with Gasteiger partial charge in [-0.15, -0.1) is 0 Å². The second-order valence-corrected chi connectivity index (χ2v) is 6.51. The van der Waals surface area contributed by atoms with Crippen LogP contribution in [0, 0.1) is 17.2 Å². The summed E-state index contributed by atoms with van der Waals surface area (Å²) in [6.45, 7) is 5.70. The maximum atomic E-state index is 13.6. The first kappa shape index (κ1) is 16.9. The van der Waals surface area contributed by atoms with Crippen LogP contribution < -0.4 is 10.6 Å². The largest absolute Gasteiger partial charge is 0.386 e. The third kappa shape index (κ3) is 3.84. The maximum absolute atomic E-state index is 13.6. The summed E-state index contributed by atoms with van der Waals surface area (Å²) in [5.74, 6) is -0.288. The van der Waals surface area contributed by atoms with Gasteiger partial charge in [-0.05, 0) is 37.9 Å². The fourth-order valence-electron chi connectivity index (χ4n) is 2.93. The molecule has 0 bridgehead atoms. The number of nitrogens with one attached hydrogen (secondary N) is 2. The SMILES string of the molecule is CC(C)(C(=O)NC[C@@H](O)c1ccccc1F)[C@H]1CCCNC1. The fourth-order valence-corrected chi connectivity index (χ4v) is 2.93. The standard InChI is InChI=1S/C17H25FN2O2/c1-17(2,12-6-5-9-19-10-12)16(22)20-11-15(21)13-7-3-4-8-14(13)18/h3-4,7-8,12,15,19,21H,5-6,9-11H2,1-2H3,(H,20,22)/t12-,15+/m0/s1. The zero-order chi connectivity index (χ0) is 16.2. The lowest BCUT2D eigenvalue weighted by Gasteiger charge is -2.36. The molecular weight excluding hydrogens is 283 g/mol. The van der Waals surface area contributed by atoms with Crippen molar-refractivity contribution in [1.29, 1.82) is 0 Å². The Hall–Kier alpha value is -1.46. The van der Waals surface area contributed by atoms with E-state index >= 15 is 0 Å². The third-order valence-corrected chi connectivity index (χ3v) is 4.62. The average Bonchev–Trinajstić information content (AvgIpc) is 2.53. The molecule has 5 heteroatoms. The molecule has 122 valence electrons. The van der Waals surface area contributed by atoms with Crippen LogP contribution in [0.25, 0.3) is 0 Å². The number of hydrogen-bond donors (Lipinski definition) is 3. The smallest absolute Gasteiger partial charge is 0.226 e. The highest BCUT2D eigenvalue weighted by Crippen LogP contribution is 2.32. The van der Waals surface area contributed by atoms with E-state index in [0.29, 0.717) is 0 Å². The van der Waals surface area contributed by atoms with E-state index in [9.17, 15) is 14.3 Å². The molecule has 22 heavy (non-hydrogen) atoms. The first-order valence-corrected chi connectivity index (χ1v) is 7.84. The molecule has 0 radical (unpaired) electrons. The van der Waals surface area contributed by atoms with Crippen molar-refractivity contribution >= 4 is 5.91 Å². The highest BCUT2D eigenvalue weighted by molar-refractivity contribution is 5.82. The average molecular weight is 308 g/mol. The van der Waals surface area contributed by atoms with Crippen LogP contribution in [0.5, 0.6) is 0 Å². The Morgan fingerprint density at radius 3 is 2.86 bits per heavy atom. The molecule has 4 nitrogen and oxygen atoms in total. The molecule has 1 heterocycles. The van der Waals surface area contributed by atoms with Crippen molar-refractivity contribution in [3.8, 4) is 0 Å². The van der Waals surface area contributed by atoms with Gasteiger partial charge in [0, 0.05) is 17.5 Å². The Morgan fingerprint density at radius 2 is 2.23 bits per heavy atom. The number of piperidine rings is 1. The van der Waals surface area contributed by atoms with Gasteiger partial charge in [0.1, 0.15) is 5.82 Å². The van der Waals surface area contributed by atoms with Crippen LogP contribution in [-0.4, -0.2) is 30.6 Å². The van der Waals surface area contributed by atoms with E-state index in [1.165, 1.54) is 12.1 Å². The summed E-state index contributed by atoms with van der Waals surface area (Å²) in [7, 11) is 0. The molecule has 0 aromatic heterocycles. The number of aliphatic hydroxyl groups excluding tert-OH is 1. The molecule has 0 spiro atoms. The summed E-state index contributed by atoms with van der Waals surface area (Å²) < 4.78 is 13.6. The Kier molecular flexibility index (Phi) is 5.53. The molecule has 1 aromatic rings. The number of amides is 1. The summed E-state index contributed by atoms with van der Waals surface area (Å²) in [6, 6.07) is 6.07. The Balaban J connectivity index is 1.92.